The first-order chi connectivity index (χ1) is 15.9. The molecule has 33 heavy (non-hydrogen) atoms. The number of thiazole rings is 1. The molecule has 0 spiro atoms. The molecule has 4 rings (SSSR count). The first-order valence-electron chi connectivity index (χ1n) is 9.60. The largest absolute Gasteiger partial charge is 0.457 e. The van der Waals surface area contributed by atoms with Gasteiger partial charge in [0.1, 0.15) is 23.2 Å². The monoisotopic (exact) mass is 513 g/mol. The number of nitrogens with one attached hydrogen (secondary N) is 1. The van der Waals surface area contributed by atoms with E-state index in [9.17, 15) is 10.1 Å². The Morgan fingerprint density at radius 2 is 1.88 bits per heavy atom. The standard InChI is InChI=1S/C24H14Cl3N3O2S/c25-19-6-2-1-5-18(19)21-9-8-16(32-21)10-15(12-28)23(31)30-24-29-13-17(33-24)11-14-4-3-7-20(26)22(14)27/h1-10,13H,11H2,(H,29,30,31). The molecule has 0 unspecified atom stereocenters. The summed E-state index contributed by atoms with van der Waals surface area (Å²) >= 11 is 19.8. The quantitative estimate of drug-likeness (QED) is 0.213. The number of amides is 1. The smallest absolute Gasteiger partial charge is 0.268 e. The molecule has 4 aromatic rings. The summed E-state index contributed by atoms with van der Waals surface area (Å²) in [6.45, 7) is 0. The van der Waals surface area contributed by atoms with Crippen LogP contribution in [0.15, 0.2) is 70.8 Å². The average molecular weight is 515 g/mol. The van der Waals surface area contributed by atoms with Crippen molar-refractivity contribution in [2.24, 2.45) is 0 Å². The summed E-state index contributed by atoms with van der Waals surface area (Å²) in [5.74, 6) is 0.302. The topological polar surface area (TPSA) is 78.9 Å². The van der Waals surface area contributed by atoms with Crippen LogP contribution >= 0.6 is 46.1 Å². The van der Waals surface area contributed by atoms with Gasteiger partial charge in [0, 0.05) is 29.1 Å². The molecule has 2 aromatic carbocycles. The summed E-state index contributed by atoms with van der Waals surface area (Å²) < 4.78 is 5.75. The van der Waals surface area contributed by atoms with Gasteiger partial charge < -0.3 is 4.42 Å². The van der Waals surface area contributed by atoms with Crippen LogP contribution in [0.4, 0.5) is 5.13 Å². The number of anilines is 1. The molecule has 0 aliphatic carbocycles. The fourth-order valence-corrected chi connectivity index (χ4v) is 4.46. The van der Waals surface area contributed by atoms with Crippen molar-refractivity contribution in [3.05, 3.63) is 97.6 Å². The summed E-state index contributed by atoms with van der Waals surface area (Å²) in [5.41, 5.74) is 1.46. The SMILES string of the molecule is N#CC(=Cc1ccc(-c2ccccc2Cl)o1)C(=O)Nc1ncc(Cc2cccc(Cl)c2Cl)s1. The minimum absolute atomic E-state index is 0.121. The molecule has 9 heteroatoms. The lowest BCUT2D eigenvalue weighted by atomic mass is 10.1. The predicted molar refractivity (Wildman–Crippen MR) is 133 cm³/mol. The van der Waals surface area contributed by atoms with Crippen LogP contribution in [0.3, 0.4) is 0 Å². The number of carbonyl (C=O) groups excluding carboxylic acids is 1. The number of hydrogen-bond donors (Lipinski definition) is 1. The maximum absolute atomic E-state index is 12.6. The normalized spacial score (nSPS) is 11.3. The number of nitrogens with zero attached hydrogens (tertiary/aromatic N) is 2. The lowest BCUT2D eigenvalue weighted by Crippen LogP contribution is -2.13. The van der Waals surface area contributed by atoms with E-state index in [2.05, 4.69) is 10.3 Å². The van der Waals surface area contributed by atoms with Crippen LogP contribution < -0.4 is 5.32 Å². The number of rotatable bonds is 6. The van der Waals surface area contributed by atoms with Gasteiger partial charge in [0.15, 0.2) is 5.13 Å². The van der Waals surface area contributed by atoms with Crippen LogP contribution in [0.1, 0.15) is 16.2 Å². The van der Waals surface area contributed by atoms with E-state index in [-0.39, 0.29) is 5.57 Å². The Balaban J connectivity index is 1.47. The number of nitriles is 1. The second-order valence-electron chi connectivity index (χ2n) is 6.83. The van der Waals surface area contributed by atoms with Gasteiger partial charge in [-0.1, -0.05) is 59.1 Å². The van der Waals surface area contributed by atoms with Gasteiger partial charge in [0.2, 0.25) is 0 Å². The third-order valence-corrected chi connectivity index (χ3v) is 6.69. The van der Waals surface area contributed by atoms with Crippen molar-refractivity contribution in [3.8, 4) is 17.4 Å². The van der Waals surface area contributed by atoms with Crippen molar-refractivity contribution < 1.29 is 9.21 Å². The van der Waals surface area contributed by atoms with Crippen molar-refractivity contribution in [3.63, 3.8) is 0 Å². The molecule has 1 N–H and O–H groups in total. The minimum Gasteiger partial charge on any atom is -0.457 e. The van der Waals surface area contributed by atoms with E-state index in [1.807, 2.05) is 36.4 Å². The predicted octanol–water partition coefficient (Wildman–Crippen LogP) is 7.50. The van der Waals surface area contributed by atoms with Crippen LogP contribution in [0.2, 0.25) is 15.1 Å². The van der Waals surface area contributed by atoms with E-state index in [1.165, 1.54) is 17.4 Å². The molecule has 5 nitrogen and oxygen atoms in total. The molecule has 0 fully saturated rings. The van der Waals surface area contributed by atoms with Crippen LogP contribution in [-0.2, 0) is 11.2 Å². The fraction of sp³-hybridized carbons (Fsp3) is 0.0417. The fourth-order valence-electron chi connectivity index (χ4n) is 3.01. The van der Waals surface area contributed by atoms with Crippen molar-refractivity contribution in [2.45, 2.75) is 6.42 Å². The lowest BCUT2D eigenvalue weighted by Gasteiger charge is -2.03. The first kappa shape index (κ1) is 23.1. The zero-order chi connectivity index (χ0) is 23.4. The molecule has 0 saturated carbocycles. The Kier molecular flexibility index (Phi) is 7.17. The van der Waals surface area contributed by atoms with Crippen molar-refractivity contribution in [2.75, 3.05) is 5.32 Å². The van der Waals surface area contributed by atoms with Crippen LogP contribution in [0, 0.1) is 11.3 Å². The van der Waals surface area contributed by atoms with Crippen LogP contribution in [-0.4, -0.2) is 10.9 Å². The highest BCUT2D eigenvalue weighted by molar-refractivity contribution is 7.15. The number of aromatic nitrogens is 1. The molecule has 0 saturated heterocycles. The van der Waals surface area contributed by atoms with Gasteiger partial charge in [-0.05, 0) is 35.9 Å². The maximum Gasteiger partial charge on any atom is 0.268 e. The molecular formula is C24H14Cl3N3O2S. The number of carbonyl (C=O) groups is 1. The number of benzene rings is 2. The molecule has 0 aliphatic rings. The second kappa shape index (κ2) is 10.2. The Bertz CT molecular complexity index is 1400. The van der Waals surface area contributed by atoms with Gasteiger partial charge in [-0.2, -0.15) is 5.26 Å². The van der Waals surface area contributed by atoms with Crippen molar-refractivity contribution in [1.29, 1.82) is 5.26 Å². The van der Waals surface area contributed by atoms with E-state index in [0.29, 0.717) is 38.1 Å². The zero-order valence-electron chi connectivity index (χ0n) is 16.8. The zero-order valence-corrected chi connectivity index (χ0v) is 19.9. The van der Waals surface area contributed by atoms with Gasteiger partial charge in [0.25, 0.3) is 5.91 Å². The summed E-state index contributed by atoms with van der Waals surface area (Å²) in [7, 11) is 0. The molecule has 164 valence electrons. The van der Waals surface area contributed by atoms with Crippen LogP contribution in [0.5, 0.6) is 0 Å². The van der Waals surface area contributed by atoms with E-state index < -0.39 is 5.91 Å². The molecule has 1 amide bonds. The minimum atomic E-state index is -0.588. The Hall–Kier alpha value is -3.08. The first-order valence-corrected chi connectivity index (χ1v) is 11.5. The molecular weight excluding hydrogens is 501 g/mol. The van der Waals surface area contributed by atoms with E-state index >= 15 is 0 Å². The number of halogens is 3. The molecule has 2 aromatic heterocycles. The maximum atomic E-state index is 12.6. The van der Waals surface area contributed by atoms with Crippen molar-refractivity contribution in [1.82, 2.24) is 4.98 Å². The second-order valence-corrected chi connectivity index (χ2v) is 9.13. The third kappa shape index (κ3) is 5.47. The van der Waals surface area contributed by atoms with E-state index in [0.717, 1.165) is 16.0 Å². The molecule has 2 heterocycles. The Labute approximate surface area is 208 Å². The molecule has 0 atom stereocenters. The summed E-state index contributed by atoms with van der Waals surface area (Å²) in [6, 6.07) is 18.0. The summed E-state index contributed by atoms with van der Waals surface area (Å²) in [6.07, 6.45) is 3.54. The lowest BCUT2D eigenvalue weighted by molar-refractivity contribution is -0.112. The van der Waals surface area contributed by atoms with Gasteiger partial charge in [0.05, 0.1) is 15.1 Å². The van der Waals surface area contributed by atoms with Crippen molar-refractivity contribution >= 4 is 63.3 Å². The summed E-state index contributed by atoms with van der Waals surface area (Å²) in [5, 5.41) is 14.0. The Morgan fingerprint density at radius 3 is 2.67 bits per heavy atom. The highest BCUT2D eigenvalue weighted by Crippen LogP contribution is 2.31. The van der Waals surface area contributed by atoms with Gasteiger partial charge in [-0.25, -0.2) is 4.98 Å². The van der Waals surface area contributed by atoms with E-state index in [1.54, 1.807) is 30.5 Å². The van der Waals surface area contributed by atoms with Crippen LogP contribution in [0.25, 0.3) is 17.4 Å². The molecule has 0 radical (unpaired) electrons. The van der Waals surface area contributed by atoms with Gasteiger partial charge in [-0.15, -0.1) is 11.3 Å². The number of hydrogen-bond acceptors (Lipinski definition) is 5. The number of furan rings is 1. The average Bonchev–Trinajstić information content (AvgIpc) is 3.45. The Morgan fingerprint density at radius 1 is 1.09 bits per heavy atom. The van der Waals surface area contributed by atoms with Gasteiger partial charge >= 0.3 is 0 Å². The van der Waals surface area contributed by atoms with E-state index in [4.69, 9.17) is 39.2 Å². The molecule has 0 bridgehead atoms. The van der Waals surface area contributed by atoms with Gasteiger partial charge in [-0.3, -0.25) is 10.1 Å². The highest BCUT2D eigenvalue weighted by Gasteiger charge is 2.15. The summed E-state index contributed by atoms with van der Waals surface area (Å²) in [4.78, 5) is 17.7. The highest BCUT2D eigenvalue weighted by atomic mass is 35.5. The third-order valence-electron chi connectivity index (χ3n) is 4.59. The molecule has 0 aliphatic heterocycles.